The molecule has 2 rings (SSSR count). The van der Waals surface area contributed by atoms with E-state index >= 15 is 0 Å². The van der Waals surface area contributed by atoms with Crippen LogP contribution < -0.4 is 10.5 Å². The fourth-order valence-corrected chi connectivity index (χ4v) is 1.54. The van der Waals surface area contributed by atoms with Crippen LogP contribution in [0.15, 0.2) is 42.5 Å². The van der Waals surface area contributed by atoms with E-state index in [1.807, 2.05) is 42.5 Å². The molecule has 2 aromatic rings. The van der Waals surface area contributed by atoms with Gasteiger partial charge in [-0.25, -0.2) is 4.98 Å². The van der Waals surface area contributed by atoms with Crippen LogP contribution in [-0.2, 0) is 6.54 Å². The highest BCUT2D eigenvalue weighted by Crippen LogP contribution is 2.21. The zero-order valence-corrected chi connectivity index (χ0v) is 9.18. The summed E-state index contributed by atoms with van der Waals surface area (Å²) in [6, 6.07) is 13.8. The van der Waals surface area contributed by atoms with Crippen LogP contribution in [0.25, 0.3) is 11.3 Å². The molecule has 0 aliphatic carbocycles. The molecule has 0 radical (unpaired) electrons. The fraction of sp³-hybridized carbons (Fsp3) is 0.154. The second-order valence-electron chi connectivity index (χ2n) is 3.47. The molecule has 3 nitrogen and oxygen atoms in total. The quantitative estimate of drug-likeness (QED) is 0.852. The van der Waals surface area contributed by atoms with E-state index < -0.39 is 0 Å². The Morgan fingerprint density at radius 1 is 1.19 bits per heavy atom. The Labute approximate surface area is 94.9 Å². The van der Waals surface area contributed by atoms with Crippen molar-refractivity contribution in [1.82, 2.24) is 4.98 Å². The molecule has 0 aliphatic rings. The molecule has 0 saturated heterocycles. The lowest BCUT2D eigenvalue weighted by molar-refractivity contribution is 0.398. The van der Waals surface area contributed by atoms with E-state index in [0.29, 0.717) is 12.4 Å². The summed E-state index contributed by atoms with van der Waals surface area (Å²) in [5.74, 6) is 0.599. The molecule has 0 unspecified atom stereocenters. The largest absolute Gasteiger partial charge is 0.481 e. The van der Waals surface area contributed by atoms with Crippen molar-refractivity contribution in [3.8, 4) is 17.1 Å². The fourth-order valence-electron chi connectivity index (χ4n) is 1.54. The van der Waals surface area contributed by atoms with Gasteiger partial charge in [0.25, 0.3) is 0 Å². The molecule has 82 valence electrons. The minimum atomic E-state index is 0.485. The SMILES string of the molecule is COc1cc(CN)cc(-c2ccccc2)n1. The molecule has 3 heteroatoms. The van der Waals surface area contributed by atoms with Gasteiger partial charge in [0.1, 0.15) is 0 Å². The summed E-state index contributed by atoms with van der Waals surface area (Å²) in [6.45, 7) is 0.485. The molecule has 2 N–H and O–H groups in total. The first-order valence-electron chi connectivity index (χ1n) is 5.14. The molecule has 1 aromatic carbocycles. The van der Waals surface area contributed by atoms with Crippen molar-refractivity contribution >= 4 is 0 Å². The summed E-state index contributed by atoms with van der Waals surface area (Å²) < 4.78 is 5.15. The van der Waals surface area contributed by atoms with Gasteiger partial charge in [-0.05, 0) is 11.6 Å². The van der Waals surface area contributed by atoms with Gasteiger partial charge in [-0.2, -0.15) is 0 Å². The third-order valence-electron chi connectivity index (χ3n) is 2.38. The number of ether oxygens (including phenoxy) is 1. The van der Waals surface area contributed by atoms with E-state index in [2.05, 4.69) is 4.98 Å². The van der Waals surface area contributed by atoms with E-state index in [1.165, 1.54) is 0 Å². The Balaban J connectivity index is 2.48. The van der Waals surface area contributed by atoms with Crippen molar-refractivity contribution in [2.24, 2.45) is 5.73 Å². The maximum atomic E-state index is 5.64. The number of aromatic nitrogens is 1. The number of hydrogen-bond donors (Lipinski definition) is 1. The van der Waals surface area contributed by atoms with Crippen molar-refractivity contribution in [3.05, 3.63) is 48.0 Å². The van der Waals surface area contributed by atoms with Crippen LogP contribution in [0.5, 0.6) is 5.88 Å². The van der Waals surface area contributed by atoms with E-state index in [0.717, 1.165) is 16.8 Å². The molecule has 0 fully saturated rings. The molecule has 0 saturated carbocycles. The maximum Gasteiger partial charge on any atom is 0.213 e. The molecule has 0 spiro atoms. The minimum absolute atomic E-state index is 0.485. The molecule has 1 aromatic heterocycles. The highest BCUT2D eigenvalue weighted by atomic mass is 16.5. The lowest BCUT2D eigenvalue weighted by Gasteiger charge is -2.06. The Morgan fingerprint density at radius 3 is 2.56 bits per heavy atom. The van der Waals surface area contributed by atoms with Crippen LogP contribution in [0.4, 0.5) is 0 Å². The monoisotopic (exact) mass is 214 g/mol. The van der Waals surface area contributed by atoms with Crippen molar-refractivity contribution in [2.75, 3.05) is 7.11 Å². The standard InChI is InChI=1S/C13H14N2O/c1-16-13-8-10(9-14)7-12(15-13)11-5-3-2-4-6-11/h2-8H,9,14H2,1H3. The molecular weight excluding hydrogens is 200 g/mol. The highest BCUT2D eigenvalue weighted by Gasteiger charge is 2.03. The molecule has 0 bridgehead atoms. The lowest BCUT2D eigenvalue weighted by Crippen LogP contribution is -1.99. The van der Waals surface area contributed by atoms with Crippen LogP contribution in [0.3, 0.4) is 0 Å². The van der Waals surface area contributed by atoms with E-state index in [9.17, 15) is 0 Å². The molecule has 16 heavy (non-hydrogen) atoms. The van der Waals surface area contributed by atoms with Gasteiger partial charge in [0, 0.05) is 18.2 Å². The first-order chi connectivity index (χ1) is 7.83. The summed E-state index contributed by atoms with van der Waals surface area (Å²) in [6.07, 6.45) is 0. The third kappa shape index (κ3) is 2.20. The van der Waals surface area contributed by atoms with E-state index in [1.54, 1.807) is 7.11 Å². The summed E-state index contributed by atoms with van der Waals surface area (Å²) >= 11 is 0. The Morgan fingerprint density at radius 2 is 1.94 bits per heavy atom. The number of benzene rings is 1. The van der Waals surface area contributed by atoms with E-state index in [-0.39, 0.29) is 0 Å². The number of methoxy groups -OCH3 is 1. The predicted molar refractivity (Wildman–Crippen MR) is 64.1 cm³/mol. The van der Waals surface area contributed by atoms with Crippen LogP contribution >= 0.6 is 0 Å². The Hall–Kier alpha value is -1.87. The zero-order valence-electron chi connectivity index (χ0n) is 9.18. The summed E-state index contributed by atoms with van der Waals surface area (Å²) in [5.41, 5.74) is 8.61. The number of nitrogens with zero attached hydrogens (tertiary/aromatic N) is 1. The first kappa shape index (κ1) is 10.6. The van der Waals surface area contributed by atoms with Crippen LogP contribution in [0, 0.1) is 0 Å². The second-order valence-corrected chi connectivity index (χ2v) is 3.47. The lowest BCUT2D eigenvalue weighted by atomic mass is 10.1. The molecule has 0 amide bonds. The molecule has 0 atom stereocenters. The van der Waals surface area contributed by atoms with Crippen molar-refractivity contribution in [2.45, 2.75) is 6.54 Å². The highest BCUT2D eigenvalue weighted by molar-refractivity contribution is 5.60. The topological polar surface area (TPSA) is 48.1 Å². The second kappa shape index (κ2) is 4.77. The number of pyridine rings is 1. The smallest absolute Gasteiger partial charge is 0.213 e. The number of hydrogen-bond acceptors (Lipinski definition) is 3. The van der Waals surface area contributed by atoms with Crippen LogP contribution in [-0.4, -0.2) is 12.1 Å². The van der Waals surface area contributed by atoms with Gasteiger partial charge < -0.3 is 10.5 Å². The van der Waals surface area contributed by atoms with Gasteiger partial charge in [0.2, 0.25) is 5.88 Å². The van der Waals surface area contributed by atoms with Gasteiger partial charge in [-0.1, -0.05) is 30.3 Å². The summed E-state index contributed by atoms with van der Waals surface area (Å²) in [5, 5.41) is 0. The van der Waals surface area contributed by atoms with Crippen LogP contribution in [0.2, 0.25) is 0 Å². The molecule has 1 heterocycles. The van der Waals surface area contributed by atoms with Gasteiger partial charge in [-0.15, -0.1) is 0 Å². The Kier molecular flexibility index (Phi) is 3.17. The molecule has 0 aliphatic heterocycles. The van der Waals surface area contributed by atoms with Gasteiger partial charge in [0.05, 0.1) is 12.8 Å². The van der Waals surface area contributed by atoms with Crippen molar-refractivity contribution in [1.29, 1.82) is 0 Å². The number of nitrogens with two attached hydrogens (primary N) is 1. The molecular formula is C13H14N2O. The third-order valence-corrected chi connectivity index (χ3v) is 2.38. The van der Waals surface area contributed by atoms with Gasteiger partial charge in [-0.3, -0.25) is 0 Å². The van der Waals surface area contributed by atoms with Crippen molar-refractivity contribution in [3.63, 3.8) is 0 Å². The number of rotatable bonds is 3. The minimum Gasteiger partial charge on any atom is -0.481 e. The average Bonchev–Trinajstić information content (AvgIpc) is 2.39. The maximum absolute atomic E-state index is 5.64. The Bertz CT molecular complexity index is 446. The normalized spacial score (nSPS) is 10.1. The van der Waals surface area contributed by atoms with Crippen molar-refractivity contribution < 1.29 is 4.74 Å². The zero-order chi connectivity index (χ0) is 11.4. The van der Waals surface area contributed by atoms with Crippen LogP contribution in [0.1, 0.15) is 5.56 Å². The first-order valence-corrected chi connectivity index (χ1v) is 5.14. The summed E-state index contributed by atoms with van der Waals surface area (Å²) in [7, 11) is 1.61. The predicted octanol–water partition coefficient (Wildman–Crippen LogP) is 2.22. The summed E-state index contributed by atoms with van der Waals surface area (Å²) in [4.78, 5) is 4.39. The average molecular weight is 214 g/mol. The van der Waals surface area contributed by atoms with Gasteiger partial charge >= 0.3 is 0 Å². The van der Waals surface area contributed by atoms with Gasteiger partial charge in [0.15, 0.2) is 0 Å². The van der Waals surface area contributed by atoms with E-state index in [4.69, 9.17) is 10.5 Å².